The van der Waals surface area contributed by atoms with Crippen LogP contribution in [0.4, 0.5) is 0 Å². The van der Waals surface area contributed by atoms with Crippen LogP contribution in [0.1, 0.15) is 24.9 Å². The Hall–Kier alpha value is -0.710. The predicted octanol–water partition coefficient (Wildman–Crippen LogP) is 2.61. The van der Waals surface area contributed by atoms with Crippen LogP contribution < -0.4 is 10.5 Å². The molecule has 1 heterocycles. The Bertz CT molecular complexity index is 386. The van der Waals surface area contributed by atoms with Gasteiger partial charge in [-0.05, 0) is 31.0 Å². The first-order chi connectivity index (χ1) is 8.70. The highest BCUT2D eigenvalue weighted by atomic mass is 32.2. The van der Waals surface area contributed by atoms with E-state index in [1.807, 2.05) is 30.0 Å². The van der Waals surface area contributed by atoms with Crippen LogP contribution in [0.2, 0.25) is 0 Å². The lowest BCUT2D eigenvalue weighted by atomic mass is 10.1. The molecule has 1 aliphatic heterocycles. The number of benzene rings is 1. The lowest BCUT2D eigenvalue weighted by Gasteiger charge is -2.17. The molecular weight excluding hydrogens is 246 g/mol. The third kappa shape index (κ3) is 3.40. The molecule has 0 aliphatic carbocycles. The fourth-order valence-corrected chi connectivity index (χ4v) is 3.39. The van der Waals surface area contributed by atoms with E-state index in [0.29, 0.717) is 11.4 Å². The minimum absolute atomic E-state index is 0.0536. The third-order valence-corrected chi connectivity index (χ3v) is 4.92. The van der Waals surface area contributed by atoms with Crippen LogP contribution in [0.3, 0.4) is 0 Å². The average Bonchev–Trinajstić information content (AvgIpc) is 2.81. The standard InChI is InChI=1S/C14H21NO2S/c1-10-14(6-7-17-10)18-9-13(15)11-4-3-5-12(8-11)16-2/h3-5,8,10,13-14H,6-7,9,15H2,1-2H3. The topological polar surface area (TPSA) is 44.5 Å². The number of hydrogen-bond donors (Lipinski definition) is 1. The summed E-state index contributed by atoms with van der Waals surface area (Å²) in [5.41, 5.74) is 7.36. The van der Waals surface area contributed by atoms with Crippen molar-refractivity contribution in [3.05, 3.63) is 29.8 Å². The SMILES string of the molecule is COc1cccc(C(N)CSC2CCOC2C)c1. The maximum atomic E-state index is 6.22. The van der Waals surface area contributed by atoms with E-state index in [1.165, 1.54) is 0 Å². The van der Waals surface area contributed by atoms with Gasteiger partial charge in [-0.3, -0.25) is 0 Å². The fourth-order valence-electron chi connectivity index (χ4n) is 2.13. The van der Waals surface area contributed by atoms with E-state index in [0.717, 1.165) is 30.1 Å². The molecule has 3 atom stereocenters. The number of methoxy groups -OCH3 is 1. The number of hydrogen-bond acceptors (Lipinski definition) is 4. The van der Waals surface area contributed by atoms with Crippen molar-refractivity contribution in [2.45, 2.75) is 30.7 Å². The minimum atomic E-state index is 0.0536. The Kier molecular flexibility index (Phi) is 4.92. The Morgan fingerprint density at radius 1 is 1.56 bits per heavy atom. The van der Waals surface area contributed by atoms with Gasteiger partial charge in [-0.15, -0.1) is 0 Å². The first kappa shape index (κ1) is 13.7. The minimum Gasteiger partial charge on any atom is -0.497 e. The molecular formula is C14H21NO2S. The average molecular weight is 267 g/mol. The van der Waals surface area contributed by atoms with Gasteiger partial charge in [0, 0.05) is 23.7 Å². The van der Waals surface area contributed by atoms with Crippen LogP contribution in [0.5, 0.6) is 5.75 Å². The molecule has 4 heteroatoms. The molecule has 1 aliphatic rings. The van der Waals surface area contributed by atoms with Crippen LogP contribution in [-0.2, 0) is 4.74 Å². The molecule has 3 nitrogen and oxygen atoms in total. The van der Waals surface area contributed by atoms with Gasteiger partial charge in [0.25, 0.3) is 0 Å². The summed E-state index contributed by atoms with van der Waals surface area (Å²) in [5.74, 6) is 1.79. The van der Waals surface area contributed by atoms with E-state index in [-0.39, 0.29) is 6.04 Å². The smallest absolute Gasteiger partial charge is 0.119 e. The van der Waals surface area contributed by atoms with Crippen LogP contribution in [0.25, 0.3) is 0 Å². The molecule has 0 aromatic heterocycles. The second-order valence-corrected chi connectivity index (χ2v) is 5.89. The van der Waals surface area contributed by atoms with Gasteiger partial charge < -0.3 is 15.2 Å². The van der Waals surface area contributed by atoms with Crippen molar-refractivity contribution in [2.24, 2.45) is 5.73 Å². The summed E-state index contributed by atoms with van der Waals surface area (Å²) < 4.78 is 10.8. The molecule has 1 aromatic rings. The molecule has 2 rings (SSSR count). The van der Waals surface area contributed by atoms with Crippen molar-refractivity contribution in [2.75, 3.05) is 19.5 Å². The van der Waals surface area contributed by atoms with Gasteiger partial charge in [-0.1, -0.05) is 12.1 Å². The highest BCUT2D eigenvalue weighted by Crippen LogP contribution is 2.29. The molecule has 0 saturated carbocycles. The first-order valence-electron chi connectivity index (χ1n) is 6.33. The van der Waals surface area contributed by atoms with Crippen molar-refractivity contribution in [1.82, 2.24) is 0 Å². The largest absolute Gasteiger partial charge is 0.497 e. The fraction of sp³-hybridized carbons (Fsp3) is 0.571. The summed E-state index contributed by atoms with van der Waals surface area (Å²) >= 11 is 1.92. The number of thioether (sulfide) groups is 1. The van der Waals surface area contributed by atoms with Gasteiger partial charge >= 0.3 is 0 Å². The second kappa shape index (κ2) is 6.45. The zero-order valence-electron chi connectivity index (χ0n) is 11.0. The van der Waals surface area contributed by atoms with Crippen molar-refractivity contribution in [3.63, 3.8) is 0 Å². The van der Waals surface area contributed by atoms with E-state index >= 15 is 0 Å². The number of nitrogens with two attached hydrogens (primary N) is 1. The molecule has 1 aromatic carbocycles. The van der Waals surface area contributed by atoms with Gasteiger partial charge in [0.15, 0.2) is 0 Å². The Balaban J connectivity index is 1.88. The molecule has 2 N–H and O–H groups in total. The zero-order chi connectivity index (χ0) is 13.0. The lowest BCUT2D eigenvalue weighted by Crippen LogP contribution is -2.19. The van der Waals surface area contributed by atoms with Gasteiger partial charge in [0.2, 0.25) is 0 Å². The molecule has 0 radical (unpaired) electrons. The van der Waals surface area contributed by atoms with E-state index < -0.39 is 0 Å². The Morgan fingerprint density at radius 2 is 2.39 bits per heavy atom. The maximum Gasteiger partial charge on any atom is 0.119 e. The van der Waals surface area contributed by atoms with Crippen molar-refractivity contribution < 1.29 is 9.47 Å². The molecule has 1 saturated heterocycles. The monoisotopic (exact) mass is 267 g/mol. The highest BCUT2D eigenvalue weighted by Gasteiger charge is 2.25. The normalized spacial score (nSPS) is 25.1. The summed E-state index contributed by atoms with van der Waals surface area (Å²) in [7, 11) is 1.68. The molecule has 3 unspecified atom stereocenters. The quantitative estimate of drug-likeness (QED) is 0.890. The Morgan fingerprint density at radius 3 is 3.06 bits per heavy atom. The van der Waals surface area contributed by atoms with Gasteiger partial charge in [0.05, 0.1) is 13.2 Å². The van der Waals surface area contributed by atoms with Crippen LogP contribution in [0.15, 0.2) is 24.3 Å². The summed E-state index contributed by atoms with van der Waals surface area (Å²) in [6.07, 6.45) is 1.49. The zero-order valence-corrected chi connectivity index (χ0v) is 11.8. The van der Waals surface area contributed by atoms with Crippen molar-refractivity contribution in [3.8, 4) is 5.75 Å². The third-order valence-electron chi connectivity index (χ3n) is 3.32. The van der Waals surface area contributed by atoms with Crippen LogP contribution in [-0.4, -0.2) is 30.8 Å². The van der Waals surface area contributed by atoms with E-state index in [2.05, 4.69) is 13.0 Å². The molecule has 18 heavy (non-hydrogen) atoms. The molecule has 1 fully saturated rings. The van der Waals surface area contributed by atoms with Gasteiger partial charge in [-0.25, -0.2) is 0 Å². The molecule has 0 amide bonds. The second-order valence-electron chi connectivity index (χ2n) is 4.62. The summed E-state index contributed by atoms with van der Waals surface area (Å²) in [4.78, 5) is 0. The van der Waals surface area contributed by atoms with Gasteiger partial charge in [0.1, 0.15) is 5.75 Å². The van der Waals surface area contributed by atoms with E-state index in [4.69, 9.17) is 15.2 Å². The summed E-state index contributed by atoms with van der Waals surface area (Å²) in [5, 5.41) is 0.585. The molecule has 0 bridgehead atoms. The Labute approximate surface area is 113 Å². The molecule has 0 spiro atoms. The van der Waals surface area contributed by atoms with E-state index in [9.17, 15) is 0 Å². The predicted molar refractivity (Wildman–Crippen MR) is 76.2 cm³/mol. The first-order valence-corrected chi connectivity index (χ1v) is 7.38. The molecule has 100 valence electrons. The summed E-state index contributed by atoms with van der Waals surface area (Å²) in [6, 6.07) is 8.05. The highest BCUT2D eigenvalue weighted by molar-refractivity contribution is 8.00. The van der Waals surface area contributed by atoms with Crippen molar-refractivity contribution >= 4 is 11.8 Å². The lowest BCUT2D eigenvalue weighted by molar-refractivity contribution is 0.127. The van der Waals surface area contributed by atoms with E-state index in [1.54, 1.807) is 7.11 Å². The number of ether oxygens (including phenoxy) is 2. The van der Waals surface area contributed by atoms with Crippen LogP contribution >= 0.6 is 11.8 Å². The van der Waals surface area contributed by atoms with Crippen LogP contribution in [0, 0.1) is 0 Å². The maximum absolute atomic E-state index is 6.22. The summed E-state index contributed by atoms with van der Waals surface area (Å²) in [6.45, 7) is 3.02. The van der Waals surface area contributed by atoms with Crippen molar-refractivity contribution in [1.29, 1.82) is 0 Å². The van der Waals surface area contributed by atoms with Gasteiger partial charge in [-0.2, -0.15) is 11.8 Å². The number of rotatable bonds is 5.